The Kier molecular flexibility index (Phi) is 8.47. The first-order valence-electron chi connectivity index (χ1n) is 13.9. The van der Waals surface area contributed by atoms with Gasteiger partial charge < -0.3 is 14.4 Å². The summed E-state index contributed by atoms with van der Waals surface area (Å²) in [5.74, 6) is 5.24. The van der Waals surface area contributed by atoms with Crippen LogP contribution in [-0.4, -0.2) is 60.0 Å². The number of benzene rings is 3. The number of rotatable bonds is 7. The molecule has 6 rings (SSSR count). The molecule has 1 saturated heterocycles. The van der Waals surface area contributed by atoms with E-state index in [0.717, 1.165) is 44.0 Å². The molecule has 2 aliphatic rings. The lowest BCUT2D eigenvalue weighted by Gasteiger charge is -2.28. The third-order valence-electron chi connectivity index (χ3n) is 7.47. The predicted octanol–water partition coefficient (Wildman–Crippen LogP) is 4.86. The van der Waals surface area contributed by atoms with Crippen molar-refractivity contribution in [2.45, 2.75) is 19.1 Å². The average molecular weight is 597 g/mol. The molecule has 0 spiro atoms. The molecule has 2 aliphatic heterocycles. The summed E-state index contributed by atoms with van der Waals surface area (Å²) < 4.78 is 25.3. The van der Waals surface area contributed by atoms with Crippen molar-refractivity contribution in [1.29, 1.82) is 0 Å². The number of halogens is 1. The molecular weight excluding hydrogens is 567 g/mol. The standard InChI is InChI=1S/C33H29FN4O4S/c1-41-29-11-10-26(34)19-28(29)30(31(39)36-33-35-12-17-43-33)38-21-25-9-8-23(18-27(25)32(38)40)5-2-22-3-6-24(7-4-22)20-37-13-15-42-16-14-37/h3-4,6-12,17-19,30H,13-16,20-21H2,1H3,(H,35,36,39). The summed E-state index contributed by atoms with van der Waals surface area (Å²) in [5.41, 5.74) is 4.23. The molecule has 3 heterocycles. The summed E-state index contributed by atoms with van der Waals surface area (Å²) in [6, 6.07) is 16.4. The van der Waals surface area contributed by atoms with Crippen LogP contribution in [0.25, 0.3) is 0 Å². The van der Waals surface area contributed by atoms with Gasteiger partial charge in [0.2, 0.25) is 0 Å². The van der Waals surface area contributed by atoms with Crippen molar-refractivity contribution in [1.82, 2.24) is 14.8 Å². The summed E-state index contributed by atoms with van der Waals surface area (Å²) in [6.07, 6.45) is 1.57. The van der Waals surface area contributed by atoms with Gasteiger partial charge in [-0.15, -0.1) is 11.3 Å². The third-order valence-corrected chi connectivity index (χ3v) is 8.15. The molecule has 43 heavy (non-hydrogen) atoms. The molecule has 218 valence electrons. The zero-order valence-corrected chi connectivity index (χ0v) is 24.3. The van der Waals surface area contributed by atoms with Gasteiger partial charge in [-0.25, -0.2) is 9.37 Å². The monoisotopic (exact) mass is 596 g/mol. The van der Waals surface area contributed by atoms with E-state index in [-0.39, 0.29) is 18.0 Å². The molecule has 0 radical (unpaired) electrons. The lowest BCUT2D eigenvalue weighted by molar-refractivity contribution is -0.120. The van der Waals surface area contributed by atoms with Gasteiger partial charge in [0.05, 0.1) is 20.3 Å². The third kappa shape index (κ3) is 6.44. The molecule has 1 fully saturated rings. The maximum absolute atomic E-state index is 14.4. The smallest absolute Gasteiger partial charge is 0.255 e. The highest BCUT2D eigenvalue weighted by molar-refractivity contribution is 7.13. The SMILES string of the molecule is COc1ccc(F)cc1C(C(=O)Nc1nccs1)N1Cc2ccc(C#Cc3ccc(CN4CCOCC4)cc3)cc2C1=O. The van der Waals surface area contributed by atoms with E-state index >= 15 is 0 Å². The highest BCUT2D eigenvalue weighted by Crippen LogP contribution is 2.37. The van der Waals surface area contributed by atoms with Crippen LogP contribution in [0.15, 0.2) is 72.2 Å². The first-order chi connectivity index (χ1) is 21.0. The molecule has 0 saturated carbocycles. The Hall–Kier alpha value is -4.56. The lowest BCUT2D eigenvalue weighted by atomic mass is 10.0. The number of nitrogens with zero attached hydrogens (tertiary/aromatic N) is 3. The van der Waals surface area contributed by atoms with Crippen LogP contribution in [-0.2, 0) is 22.6 Å². The number of methoxy groups -OCH3 is 1. The van der Waals surface area contributed by atoms with Crippen LogP contribution in [0.4, 0.5) is 9.52 Å². The molecule has 0 aliphatic carbocycles. The van der Waals surface area contributed by atoms with Crippen LogP contribution in [0, 0.1) is 17.7 Å². The van der Waals surface area contributed by atoms with Gasteiger partial charge in [0.1, 0.15) is 17.6 Å². The average Bonchev–Trinajstić information content (AvgIpc) is 3.65. The van der Waals surface area contributed by atoms with Crippen molar-refractivity contribution < 1.29 is 23.5 Å². The zero-order valence-electron chi connectivity index (χ0n) is 23.5. The van der Waals surface area contributed by atoms with E-state index in [4.69, 9.17) is 9.47 Å². The number of hydrogen-bond acceptors (Lipinski definition) is 7. The number of aromatic nitrogens is 1. The first-order valence-corrected chi connectivity index (χ1v) is 14.8. The molecular formula is C33H29FN4O4S. The normalized spacial score (nSPS) is 15.4. The van der Waals surface area contributed by atoms with Gasteiger partial charge in [0.25, 0.3) is 11.8 Å². The fourth-order valence-corrected chi connectivity index (χ4v) is 5.83. The molecule has 1 N–H and O–H groups in total. The van der Waals surface area contributed by atoms with Crippen molar-refractivity contribution in [3.8, 4) is 17.6 Å². The Balaban J connectivity index is 1.23. The van der Waals surface area contributed by atoms with Crippen LogP contribution >= 0.6 is 11.3 Å². The minimum atomic E-state index is -1.15. The second-order valence-electron chi connectivity index (χ2n) is 10.3. The Bertz CT molecular complexity index is 1690. The molecule has 1 aromatic heterocycles. The Morgan fingerprint density at radius 2 is 1.86 bits per heavy atom. The summed E-state index contributed by atoms with van der Waals surface area (Å²) in [6.45, 7) is 4.45. The number of carbonyl (C=O) groups excluding carboxylic acids is 2. The second-order valence-corrected chi connectivity index (χ2v) is 11.2. The Labute approximate surface area is 253 Å². The molecule has 1 atom stereocenters. The van der Waals surface area contributed by atoms with E-state index in [1.807, 2.05) is 24.3 Å². The Morgan fingerprint density at radius 1 is 1.09 bits per heavy atom. The topological polar surface area (TPSA) is 84.0 Å². The van der Waals surface area contributed by atoms with Crippen molar-refractivity contribution in [2.75, 3.05) is 38.7 Å². The number of anilines is 1. The zero-order chi connectivity index (χ0) is 29.8. The van der Waals surface area contributed by atoms with Gasteiger partial charge in [-0.3, -0.25) is 19.8 Å². The van der Waals surface area contributed by atoms with Crippen molar-refractivity contribution in [2.24, 2.45) is 0 Å². The molecule has 8 nitrogen and oxygen atoms in total. The highest BCUT2D eigenvalue weighted by atomic mass is 32.1. The fourth-order valence-electron chi connectivity index (χ4n) is 5.29. The van der Waals surface area contributed by atoms with E-state index in [0.29, 0.717) is 22.0 Å². The molecule has 2 amide bonds. The minimum Gasteiger partial charge on any atom is -0.496 e. The maximum Gasteiger partial charge on any atom is 0.255 e. The quantitative estimate of drug-likeness (QED) is 0.307. The van der Waals surface area contributed by atoms with Crippen LogP contribution in [0.1, 0.15) is 44.2 Å². The number of thiazole rings is 1. The fraction of sp³-hybridized carbons (Fsp3) is 0.242. The summed E-state index contributed by atoms with van der Waals surface area (Å²) in [4.78, 5) is 35.3. The lowest BCUT2D eigenvalue weighted by Crippen LogP contribution is -2.37. The van der Waals surface area contributed by atoms with Gasteiger partial charge in [0.15, 0.2) is 5.13 Å². The van der Waals surface area contributed by atoms with E-state index in [2.05, 4.69) is 39.2 Å². The van der Waals surface area contributed by atoms with Gasteiger partial charge in [0, 0.05) is 60.0 Å². The van der Waals surface area contributed by atoms with Gasteiger partial charge in [-0.2, -0.15) is 0 Å². The second kappa shape index (κ2) is 12.8. The van der Waals surface area contributed by atoms with Crippen LogP contribution in [0.2, 0.25) is 0 Å². The molecule has 1 unspecified atom stereocenters. The number of nitrogens with one attached hydrogen (secondary N) is 1. The summed E-state index contributed by atoms with van der Waals surface area (Å²) >= 11 is 1.25. The number of amides is 2. The van der Waals surface area contributed by atoms with Crippen molar-refractivity contribution >= 4 is 28.3 Å². The summed E-state index contributed by atoms with van der Waals surface area (Å²) in [5, 5.41) is 4.86. The first kappa shape index (κ1) is 28.6. The van der Waals surface area contributed by atoms with Crippen molar-refractivity contribution in [3.05, 3.63) is 111 Å². The van der Waals surface area contributed by atoms with E-state index in [1.54, 1.807) is 17.6 Å². The molecule has 3 aromatic carbocycles. The number of ether oxygens (including phenoxy) is 2. The van der Waals surface area contributed by atoms with Crippen molar-refractivity contribution in [3.63, 3.8) is 0 Å². The molecule has 4 aromatic rings. The minimum absolute atomic E-state index is 0.169. The number of fused-ring (bicyclic) bond motifs is 1. The molecule has 0 bridgehead atoms. The van der Waals surface area contributed by atoms with Gasteiger partial charge >= 0.3 is 0 Å². The largest absolute Gasteiger partial charge is 0.496 e. The Morgan fingerprint density at radius 3 is 2.60 bits per heavy atom. The van der Waals surface area contributed by atoms with Crippen LogP contribution in [0.5, 0.6) is 5.75 Å². The maximum atomic E-state index is 14.4. The predicted molar refractivity (Wildman–Crippen MR) is 161 cm³/mol. The number of carbonyl (C=O) groups is 2. The van der Waals surface area contributed by atoms with E-state index in [1.165, 1.54) is 47.1 Å². The highest BCUT2D eigenvalue weighted by Gasteiger charge is 2.39. The number of morpholine rings is 1. The molecule has 10 heteroatoms. The van der Waals surface area contributed by atoms with Crippen LogP contribution < -0.4 is 10.1 Å². The summed E-state index contributed by atoms with van der Waals surface area (Å²) in [7, 11) is 1.44. The van der Waals surface area contributed by atoms with Gasteiger partial charge in [-0.05, 0) is 53.6 Å². The van der Waals surface area contributed by atoms with Gasteiger partial charge in [-0.1, -0.05) is 30.0 Å². The van der Waals surface area contributed by atoms with Crippen LogP contribution in [0.3, 0.4) is 0 Å². The van der Waals surface area contributed by atoms with E-state index < -0.39 is 17.8 Å². The van der Waals surface area contributed by atoms with E-state index in [9.17, 15) is 14.0 Å². The number of hydrogen-bond donors (Lipinski definition) is 1.